The number of nitrogens with zero attached hydrogens (tertiary/aromatic N) is 4. The Hall–Kier alpha value is -2.75. The van der Waals surface area contributed by atoms with Gasteiger partial charge in [-0.05, 0) is 51.1 Å². The third kappa shape index (κ3) is 2.92. The Kier molecular flexibility index (Phi) is 4.61. The molecule has 156 valence electrons. The fourth-order valence-corrected chi connectivity index (χ4v) is 5.62. The van der Waals surface area contributed by atoms with Crippen molar-refractivity contribution in [1.82, 2.24) is 23.8 Å². The van der Waals surface area contributed by atoms with Crippen LogP contribution in [0.4, 0.5) is 0 Å². The normalized spacial score (nSPS) is 17.0. The molecule has 3 aromatic heterocycles. The lowest BCUT2D eigenvalue weighted by Crippen LogP contribution is -2.30. The van der Waals surface area contributed by atoms with Crippen molar-refractivity contribution in [2.75, 3.05) is 13.1 Å². The highest BCUT2D eigenvalue weighted by molar-refractivity contribution is 7.90. The van der Waals surface area contributed by atoms with Crippen LogP contribution in [-0.2, 0) is 10.0 Å². The number of hydrogen-bond acceptors (Lipinski definition) is 6. The van der Waals surface area contributed by atoms with E-state index < -0.39 is 16.1 Å². The first kappa shape index (κ1) is 19.2. The molecule has 0 radical (unpaired) electrons. The Bertz CT molecular complexity index is 1320. The number of benzene rings is 1. The summed E-state index contributed by atoms with van der Waals surface area (Å²) in [6.07, 6.45) is 4.23. The van der Waals surface area contributed by atoms with Gasteiger partial charge in [0.25, 0.3) is 10.0 Å². The highest BCUT2D eigenvalue weighted by atomic mass is 32.2. The molecule has 1 fully saturated rings. The molecule has 1 aliphatic heterocycles. The van der Waals surface area contributed by atoms with E-state index in [9.17, 15) is 13.5 Å². The van der Waals surface area contributed by atoms with Gasteiger partial charge in [0.05, 0.1) is 16.6 Å². The molecule has 0 spiro atoms. The summed E-state index contributed by atoms with van der Waals surface area (Å²) < 4.78 is 29.7. The van der Waals surface area contributed by atoms with Crippen molar-refractivity contribution in [2.45, 2.75) is 36.8 Å². The lowest BCUT2D eigenvalue weighted by atomic mass is 10.1. The molecule has 0 aliphatic carbocycles. The van der Waals surface area contributed by atoms with Crippen LogP contribution in [0.5, 0.6) is 0 Å². The number of fused-ring (bicyclic) bond motifs is 3. The number of nitrogens with one attached hydrogen (secondary N) is 1. The quantitative estimate of drug-likeness (QED) is 0.521. The second-order valence-electron chi connectivity index (χ2n) is 7.66. The zero-order valence-electron chi connectivity index (χ0n) is 16.6. The lowest BCUT2D eigenvalue weighted by Gasteiger charge is -2.27. The van der Waals surface area contributed by atoms with Crippen molar-refractivity contribution in [3.05, 3.63) is 54.6 Å². The molecule has 4 aromatic rings. The maximum Gasteiger partial charge on any atom is 0.269 e. The van der Waals surface area contributed by atoms with Crippen LogP contribution in [0, 0.1) is 0 Å². The van der Waals surface area contributed by atoms with Gasteiger partial charge in [0.15, 0.2) is 5.65 Å². The lowest BCUT2D eigenvalue weighted by molar-refractivity contribution is 0.179. The molecule has 5 rings (SSSR count). The summed E-state index contributed by atoms with van der Waals surface area (Å²) in [5.74, 6) is 0.588. The molecule has 8 nitrogen and oxygen atoms in total. The average molecular weight is 426 g/mol. The summed E-state index contributed by atoms with van der Waals surface area (Å²) in [5.41, 5.74) is 1.84. The maximum atomic E-state index is 13.2. The number of rotatable bonds is 4. The van der Waals surface area contributed by atoms with E-state index in [4.69, 9.17) is 0 Å². The number of pyridine rings is 1. The SMILES string of the molecule is C[C@@H](O)c1nc2cnc3c(ccn3S(=O)(=O)c3ccccc3)c2n1C1CCNCC1. The van der Waals surface area contributed by atoms with Crippen LogP contribution in [0.25, 0.3) is 22.1 Å². The molecule has 9 heteroatoms. The molecular formula is C21H23N5O3S. The Morgan fingerprint density at radius 3 is 2.60 bits per heavy atom. The van der Waals surface area contributed by atoms with Gasteiger partial charge in [-0.1, -0.05) is 18.2 Å². The van der Waals surface area contributed by atoms with Gasteiger partial charge in [-0.2, -0.15) is 0 Å². The van der Waals surface area contributed by atoms with Crippen molar-refractivity contribution in [3.63, 3.8) is 0 Å². The number of aromatic nitrogens is 4. The van der Waals surface area contributed by atoms with Crippen LogP contribution in [0.2, 0.25) is 0 Å². The molecule has 1 aromatic carbocycles. The second kappa shape index (κ2) is 7.19. The maximum absolute atomic E-state index is 13.2. The Labute approximate surface area is 174 Å². The molecule has 4 heterocycles. The largest absolute Gasteiger partial charge is 0.385 e. The third-order valence-electron chi connectivity index (χ3n) is 5.70. The van der Waals surface area contributed by atoms with Gasteiger partial charge in [0.1, 0.15) is 17.4 Å². The average Bonchev–Trinajstić information content (AvgIpc) is 3.37. The fraction of sp³-hybridized carbons (Fsp3) is 0.333. The molecule has 0 bridgehead atoms. The van der Waals surface area contributed by atoms with Gasteiger partial charge in [0.2, 0.25) is 0 Å². The van der Waals surface area contributed by atoms with E-state index in [1.807, 2.05) is 0 Å². The predicted octanol–water partition coefficient (Wildman–Crippen LogP) is 2.60. The first-order valence-electron chi connectivity index (χ1n) is 10.1. The van der Waals surface area contributed by atoms with Gasteiger partial charge < -0.3 is 15.0 Å². The Morgan fingerprint density at radius 1 is 1.17 bits per heavy atom. The van der Waals surface area contributed by atoms with Gasteiger partial charge in [-0.3, -0.25) is 0 Å². The number of aliphatic hydroxyl groups is 1. The first-order chi connectivity index (χ1) is 14.5. The van der Waals surface area contributed by atoms with Crippen molar-refractivity contribution in [3.8, 4) is 0 Å². The summed E-state index contributed by atoms with van der Waals surface area (Å²) in [4.78, 5) is 9.28. The second-order valence-corrected chi connectivity index (χ2v) is 9.47. The summed E-state index contributed by atoms with van der Waals surface area (Å²) in [7, 11) is -3.77. The van der Waals surface area contributed by atoms with Crippen molar-refractivity contribution in [1.29, 1.82) is 0 Å². The molecule has 30 heavy (non-hydrogen) atoms. The minimum atomic E-state index is -3.77. The zero-order chi connectivity index (χ0) is 20.9. The van der Waals surface area contributed by atoms with E-state index >= 15 is 0 Å². The number of piperidine rings is 1. The molecule has 1 aliphatic rings. The summed E-state index contributed by atoms with van der Waals surface area (Å²) in [5, 5.41) is 14.4. The van der Waals surface area contributed by atoms with Crippen LogP contribution >= 0.6 is 0 Å². The summed E-state index contributed by atoms with van der Waals surface area (Å²) in [6, 6.07) is 10.3. The van der Waals surface area contributed by atoms with Gasteiger partial charge in [-0.15, -0.1) is 0 Å². The van der Waals surface area contributed by atoms with E-state index in [-0.39, 0.29) is 10.9 Å². The molecule has 0 amide bonds. The molecule has 1 saturated heterocycles. The summed E-state index contributed by atoms with van der Waals surface area (Å²) in [6.45, 7) is 3.48. The van der Waals surface area contributed by atoms with E-state index in [0.717, 1.165) is 31.4 Å². The van der Waals surface area contributed by atoms with E-state index in [1.165, 1.54) is 3.97 Å². The third-order valence-corrected chi connectivity index (χ3v) is 7.38. The number of hydrogen-bond donors (Lipinski definition) is 2. The van der Waals surface area contributed by atoms with Crippen molar-refractivity contribution < 1.29 is 13.5 Å². The number of imidazole rings is 1. The standard InChI is InChI=1S/C21H23N5O3S/c1-14(27)20-24-18-13-23-21-17(19(18)26(20)15-7-10-22-11-8-15)9-12-25(21)30(28,29)16-5-3-2-4-6-16/h2-6,9,12-15,22,27H,7-8,10-11H2,1H3/t14-/m1/s1. The van der Waals surface area contributed by atoms with Crippen LogP contribution in [0.1, 0.15) is 37.7 Å². The van der Waals surface area contributed by atoms with Crippen LogP contribution in [-0.4, -0.2) is 45.1 Å². The molecular weight excluding hydrogens is 402 g/mol. The number of aliphatic hydroxyl groups excluding tert-OH is 1. The Balaban J connectivity index is 1.77. The predicted molar refractivity (Wildman–Crippen MR) is 114 cm³/mol. The zero-order valence-corrected chi connectivity index (χ0v) is 17.4. The van der Waals surface area contributed by atoms with E-state index in [2.05, 4.69) is 19.9 Å². The van der Waals surface area contributed by atoms with Crippen molar-refractivity contribution in [2.24, 2.45) is 0 Å². The van der Waals surface area contributed by atoms with E-state index in [1.54, 1.807) is 55.7 Å². The van der Waals surface area contributed by atoms with Crippen LogP contribution in [0.15, 0.2) is 53.7 Å². The van der Waals surface area contributed by atoms with Gasteiger partial charge in [-0.25, -0.2) is 22.4 Å². The molecule has 2 N–H and O–H groups in total. The minimum Gasteiger partial charge on any atom is -0.385 e. The van der Waals surface area contributed by atoms with Gasteiger partial charge in [0, 0.05) is 17.6 Å². The van der Waals surface area contributed by atoms with Crippen LogP contribution < -0.4 is 5.32 Å². The topological polar surface area (TPSA) is 102 Å². The highest BCUT2D eigenvalue weighted by Crippen LogP contribution is 2.34. The summed E-state index contributed by atoms with van der Waals surface area (Å²) >= 11 is 0. The van der Waals surface area contributed by atoms with Crippen LogP contribution in [0.3, 0.4) is 0 Å². The smallest absolute Gasteiger partial charge is 0.269 e. The molecule has 0 unspecified atom stereocenters. The van der Waals surface area contributed by atoms with Crippen molar-refractivity contribution >= 4 is 32.1 Å². The van der Waals surface area contributed by atoms with E-state index in [0.29, 0.717) is 22.4 Å². The Morgan fingerprint density at radius 2 is 1.90 bits per heavy atom. The molecule has 1 atom stereocenters. The minimum absolute atomic E-state index is 0.181. The molecule has 0 saturated carbocycles. The fourth-order valence-electron chi connectivity index (χ4n) is 4.29. The first-order valence-corrected chi connectivity index (χ1v) is 11.5. The van der Waals surface area contributed by atoms with Gasteiger partial charge >= 0.3 is 0 Å². The highest BCUT2D eigenvalue weighted by Gasteiger charge is 2.27. The monoisotopic (exact) mass is 425 g/mol.